The molecule has 5 atom stereocenters. The molecule has 0 radical (unpaired) electrons. The van der Waals surface area contributed by atoms with Crippen LogP contribution < -0.4 is 10.4 Å². The van der Waals surface area contributed by atoms with Crippen molar-refractivity contribution in [2.45, 2.75) is 63.6 Å². The minimum absolute atomic E-state index is 0.0686. The van der Waals surface area contributed by atoms with Crippen molar-refractivity contribution in [3.63, 3.8) is 0 Å². The van der Waals surface area contributed by atoms with Crippen LogP contribution in [-0.2, 0) is 18.7 Å². The first kappa shape index (κ1) is 23.2. The molecule has 2 aromatic carbocycles. The van der Waals surface area contributed by atoms with Crippen molar-refractivity contribution < 1.29 is 23.8 Å². The number of rotatable bonds is 7. The van der Waals surface area contributed by atoms with Crippen molar-refractivity contribution in [1.82, 2.24) is 0 Å². The predicted octanol–water partition coefficient (Wildman–Crippen LogP) is 3.80. The molecule has 2 fully saturated rings. The summed E-state index contributed by atoms with van der Waals surface area (Å²) in [7, 11) is -1.07. The van der Waals surface area contributed by atoms with Crippen molar-refractivity contribution in [2.75, 3.05) is 7.11 Å². The Balaban J connectivity index is 1.78. The average molecular weight is 455 g/mol. The topological polar surface area (TPSA) is 65.0 Å². The van der Waals surface area contributed by atoms with E-state index in [4.69, 9.17) is 13.9 Å². The second-order valence-corrected chi connectivity index (χ2v) is 14.3. The number of carboxylic acids is 1. The van der Waals surface area contributed by atoms with Crippen molar-refractivity contribution in [3.05, 3.63) is 60.7 Å². The largest absolute Gasteiger partial charge is 0.481 e. The third-order valence-corrected chi connectivity index (χ3v) is 12.2. The zero-order valence-corrected chi connectivity index (χ0v) is 20.4. The van der Waals surface area contributed by atoms with Crippen molar-refractivity contribution in [1.29, 1.82) is 0 Å². The summed E-state index contributed by atoms with van der Waals surface area (Å²) in [5.41, 5.74) is 0. The molecule has 2 aromatic rings. The summed E-state index contributed by atoms with van der Waals surface area (Å²) in [5, 5.41) is 11.8. The van der Waals surface area contributed by atoms with Crippen LogP contribution >= 0.6 is 0 Å². The minimum Gasteiger partial charge on any atom is -0.481 e. The van der Waals surface area contributed by atoms with E-state index in [-0.39, 0.29) is 41.8 Å². The van der Waals surface area contributed by atoms with E-state index < -0.39 is 14.3 Å². The lowest BCUT2D eigenvalue weighted by Gasteiger charge is -2.45. The van der Waals surface area contributed by atoms with E-state index in [1.54, 1.807) is 7.11 Å². The molecule has 0 spiro atoms. The normalized spacial score (nSPS) is 27.9. The van der Waals surface area contributed by atoms with Gasteiger partial charge in [-0.25, -0.2) is 0 Å². The van der Waals surface area contributed by atoms with Crippen LogP contribution in [0.15, 0.2) is 60.7 Å². The third kappa shape index (κ3) is 4.17. The first-order valence-electron chi connectivity index (χ1n) is 11.4. The Morgan fingerprint density at radius 1 is 1.03 bits per heavy atom. The van der Waals surface area contributed by atoms with Crippen molar-refractivity contribution >= 4 is 24.7 Å². The van der Waals surface area contributed by atoms with Gasteiger partial charge in [0.15, 0.2) is 6.29 Å². The number of benzene rings is 2. The molecular formula is C26H34O5Si. The molecule has 1 aliphatic carbocycles. The number of carbonyl (C=O) groups is 1. The fourth-order valence-corrected chi connectivity index (χ4v) is 10.5. The monoisotopic (exact) mass is 454 g/mol. The summed E-state index contributed by atoms with van der Waals surface area (Å²) in [6, 6.07) is 21.2. The number of fused-ring (bicyclic) bond motifs is 1. The zero-order chi connectivity index (χ0) is 22.9. The molecule has 6 heteroatoms. The summed E-state index contributed by atoms with van der Waals surface area (Å²) in [6.07, 6.45) is 1.02. The maximum Gasteiger partial charge on any atom is 0.303 e. The van der Waals surface area contributed by atoms with Crippen LogP contribution in [0.25, 0.3) is 0 Å². The molecule has 2 unspecified atom stereocenters. The quantitative estimate of drug-likeness (QED) is 0.645. The van der Waals surface area contributed by atoms with E-state index in [0.29, 0.717) is 6.42 Å². The highest BCUT2D eigenvalue weighted by atomic mass is 28.4. The van der Waals surface area contributed by atoms with Gasteiger partial charge in [-0.1, -0.05) is 81.4 Å². The fraction of sp³-hybridized carbons (Fsp3) is 0.500. The van der Waals surface area contributed by atoms with Crippen LogP contribution in [-0.4, -0.2) is 45.0 Å². The van der Waals surface area contributed by atoms with E-state index in [0.717, 1.165) is 6.42 Å². The Bertz CT molecular complexity index is 871. The van der Waals surface area contributed by atoms with Crippen LogP contribution in [0.4, 0.5) is 0 Å². The van der Waals surface area contributed by atoms with Crippen molar-refractivity contribution in [3.8, 4) is 0 Å². The van der Waals surface area contributed by atoms with Gasteiger partial charge in [0.25, 0.3) is 8.32 Å². The molecule has 4 rings (SSSR count). The molecule has 1 N–H and O–H groups in total. The van der Waals surface area contributed by atoms with Gasteiger partial charge < -0.3 is 19.0 Å². The number of hydrogen-bond acceptors (Lipinski definition) is 4. The summed E-state index contributed by atoms with van der Waals surface area (Å²) in [5.74, 6) is -0.726. The Labute approximate surface area is 191 Å². The Morgan fingerprint density at radius 3 is 2.06 bits per heavy atom. The summed E-state index contributed by atoms with van der Waals surface area (Å²) in [6.45, 7) is 6.80. The molecule has 1 saturated heterocycles. The highest BCUT2D eigenvalue weighted by Gasteiger charge is 2.57. The average Bonchev–Trinajstić information content (AvgIpc) is 3.32. The molecule has 1 heterocycles. The molecule has 0 amide bonds. The smallest absolute Gasteiger partial charge is 0.303 e. The van der Waals surface area contributed by atoms with Gasteiger partial charge in [-0.3, -0.25) is 4.79 Å². The Morgan fingerprint density at radius 2 is 1.59 bits per heavy atom. The van der Waals surface area contributed by atoms with Gasteiger partial charge in [-0.05, 0) is 27.8 Å². The van der Waals surface area contributed by atoms with E-state index in [1.165, 1.54) is 10.4 Å². The van der Waals surface area contributed by atoms with Gasteiger partial charge in [0.1, 0.15) is 0 Å². The maximum absolute atomic E-state index is 11.6. The number of hydrogen-bond donors (Lipinski definition) is 1. The molecule has 2 aliphatic rings. The lowest BCUT2D eigenvalue weighted by molar-refractivity contribution is -0.144. The predicted molar refractivity (Wildman–Crippen MR) is 127 cm³/mol. The first-order chi connectivity index (χ1) is 15.3. The van der Waals surface area contributed by atoms with E-state index >= 15 is 0 Å². The third-order valence-electron chi connectivity index (χ3n) is 7.12. The lowest BCUT2D eigenvalue weighted by atomic mass is 9.98. The van der Waals surface area contributed by atoms with E-state index in [1.807, 2.05) is 12.1 Å². The van der Waals surface area contributed by atoms with Gasteiger partial charge in [0.05, 0.1) is 18.6 Å². The number of carboxylic acid groups (broad SMARTS) is 1. The zero-order valence-electron chi connectivity index (χ0n) is 19.4. The maximum atomic E-state index is 11.6. The SMILES string of the molecule is COC1C[C@H]2[C@H](O[Si](c3ccccc3)(c3ccccc3)C(C)(C)C)CC(CC(=O)O)[C@@H]2O1. The second-order valence-electron chi connectivity index (χ2n) is 10.1. The summed E-state index contributed by atoms with van der Waals surface area (Å²) in [4.78, 5) is 11.6. The number of aliphatic carboxylic acids is 1. The first-order valence-corrected chi connectivity index (χ1v) is 13.4. The minimum atomic E-state index is -2.72. The van der Waals surface area contributed by atoms with Crippen LogP contribution in [0, 0.1) is 11.8 Å². The molecule has 0 aromatic heterocycles. The van der Waals surface area contributed by atoms with Gasteiger partial charge in [0.2, 0.25) is 0 Å². The van der Waals surface area contributed by atoms with E-state index in [2.05, 4.69) is 69.3 Å². The van der Waals surface area contributed by atoms with Gasteiger partial charge in [-0.2, -0.15) is 0 Å². The molecule has 5 nitrogen and oxygen atoms in total. The van der Waals surface area contributed by atoms with Crippen LogP contribution in [0.5, 0.6) is 0 Å². The lowest BCUT2D eigenvalue weighted by Crippen LogP contribution is -2.68. The van der Waals surface area contributed by atoms with Gasteiger partial charge >= 0.3 is 5.97 Å². The number of methoxy groups -OCH3 is 1. The highest BCUT2D eigenvalue weighted by molar-refractivity contribution is 6.99. The van der Waals surface area contributed by atoms with Crippen LogP contribution in [0.3, 0.4) is 0 Å². The molecule has 1 saturated carbocycles. The number of ether oxygens (including phenoxy) is 2. The fourth-order valence-electron chi connectivity index (χ4n) is 5.75. The van der Waals surface area contributed by atoms with Crippen LogP contribution in [0.2, 0.25) is 5.04 Å². The summed E-state index contributed by atoms with van der Waals surface area (Å²) >= 11 is 0. The van der Waals surface area contributed by atoms with Crippen molar-refractivity contribution in [2.24, 2.45) is 11.8 Å². The Hall–Kier alpha value is -1.99. The molecule has 0 bridgehead atoms. The van der Waals surface area contributed by atoms with Crippen LogP contribution in [0.1, 0.15) is 40.0 Å². The van der Waals surface area contributed by atoms with Gasteiger partial charge in [-0.15, -0.1) is 0 Å². The molecule has 172 valence electrons. The summed E-state index contributed by atoms with van der Waals surface area (Å²) < 4.78 is 19.0. The Kier molecular flexibility index (Phi) is 6.59. The molecule has 32 heavy (non-hydrogen) atoms. The standard InChI is InChI=1S/C26H34O5Si/c1-26(2,3)32(19-11-7-5-8-12-19,20-13-9-6-10-14-20)31-22-15-18(16-23(27)28)25-21(22)17-24(29-4)30-25/h5-14,18,21-22,24-25H,15-17H2,1-4H3,(H,27,28)/t18?,21-,22+,24?,25-/m0/s1. The van der Waals surface area contributed by atoms with Gasteiger partial charge in [0, 0.05) is 19.4 Å². The molecular weight excluding hydrogens is 420 g/mol. The molecule has 1 aliphatic heterocycles. The highest BCUT2D eigenvalue weighted by Crippen LogP contribution is 2.48. The second kappa shape index (κ2) is 9.10. The van der Waals surface area contributed by atoms with E-state index in [9.17, 15) is 9.90 Å².